The maximum Gasteiger partial charge on any atom is 0.129 e. The molecule has 2 nitrogen and oxygen atoms in total. The summed E-state index contributed by atoms with van der Waals surface area (Å²) in [5, 5.41) is 10.5. The zero-order chi connectivity index (χ0) is 14.7. The molecule has 2 atom stereocenters. The first-order chi connectivity index (χ1) is 9.52. The molecule has 0 aliphatic heterocycles. The fourth-order valence-electron chi connectivity index (χ4n) is 2.45. The van der Waals surface area contributed by atoms with Gasteiger partial charge in [0, 0.05) is 18.0 Å². The van der Waals surface area contributed by atoms with Gasteiger partial charge in [0.25, 0.3) is 0 Å². The van der Waals surface area contributed by atoms with Crippen molar-refractivity contribution in [1.29, 1.82) is 0 Å². The van der Waals surface area contributed by atoms with Gasteiger partial charge >= 0.3 is 0 Å². The molecule has 0 aliphatic rings. The van der Waals surface area contributed by atoms with Gasteiger partial charge in [0.15, 0.2) is 0 Å². The predicted molar refractivity (Wildman–Crippen MR) is 79.1 cm³/mol. The monoisotopic (exact) mass is 273 g/mol. The quantitative estimate of drug-likeness (QED) is 0.898. The average molecular weight is 273 g/mol. The van der Waals surface area contributed by atoms with Gasteiger partial charge in [-0.15, -0.1) is 0 Å². The normalized spacial score (nSPS) is 14.1. The van der Waals surface area contributed by atoms with E-state index in [4.69, 9.17) is 5.73 Å². The molecule has 2 unspecified atom stereocenters. The summed E-state index contributed by atoms with van der Waals surface area (Å²) in [5.74, 6) is -0.708. The highest BCUT2D eigenvalue weighted by Gasteiger charge is 2.24. The van der Waals surface area contributed by atoms with Gasteiger partial charge in [-0.05, 0) is 25.5 Å². The maximum atomic E-state index is 13.9. The van der Waals surface area contributed by atoms with E-state index in [2.05, 4.69) is 0 Å². The Morgan fingerprint density at radius 1 is 1.10 bits per heavy atom. The van der Waals surface area contributed by atoms with Gasteiger partial charge in [0.1, 0.15) is 5.82 Å². The van der Waals surface area contributed by atoms with Crippen molar-refractivity contribution in [2.75, 3.05) is 6.54 Å². The molecule has 0 bridgehead atoms. The zero-order valence-electron chi connectivity index (χ0n) is 11.8. The van der Waals surface area contributed by atoms with Gasteiger partial charge in [0.2, 0.25) is 0 Å². The molecule has 2 rings (SSSR count). The second kappa shape index (κ2) is 6.16. The Bertz CT molecular complexity index is 597. The Balaban J connectivity index is 2.38. The molecule has 0 fully saturated rings. The smallest absolute Gasteiger partial charge is 0.129 e. The lowest BCUT2D eigenvalue weighted by atomic mass is 9.88. The largest absolute Gasteiger partial charge is 0.388 e. The molecule has 0 spiro atoms. The van der Waals surface area contributed by atoms with E-state index in [-0.39, 0.29) is 12.5 Å². The lowest BCUT2D eigenvalue weighted by Gasteiger charge is -2.23. The van der Waals surface area contributed by atoms with Crippen LogP contribution < -0.4 is 5.73 Å². The van der Waals surface area contributed by atoms with Gasteiger partial charge in [-0.3, -0.25) is 0 Å². The number of aliphatic hydroxyl groups is 1. The van der Waals surface area contributed by atoms with Crippen molar-refractivity contribution in [3.63, 3.8) is 0 Å². The summed E-state index contributed by atoms with van der Waals surface area (Å²) in [6, 6.07) is 12.6. The van der Waals surface area contributed by atoms with Crippen LogP contribution >= 0.6 is 0 Å². The van der Waals surface area contributed by atoms with Crippen LogP contribution in [-0.2, 0) is 0 Å². The van der Waals surface area contributed by atoms with Gasteiger partial charge in [-0.25, -0.2) is 4.39 Å². The van der Waals surface area contributed by atoms with Gasteiger partial charge in [-0.2, -0.15) is 0 Å². The van der Waals surface area contributed by atoms with Gasteiger partial charge in [0.05, 0.1) is 6.10 Å². The molecule has 0 radical (unpaired) electrons. The lowest BCUT2D eigenvalue weighted by molar-refractivity contribution is 0.143. The third-order valence-corrected chi connectivity index (χ3v) is 3.58. The van der Waals surface area contributed by atoms with Crippen molar-refractivity contribution in [3.8, 4) is 0 Å². The Hall–Kier alpha value is -1.71. The number of nitrogens with two attached hydrogens (primary N) is 1. The van der Waals surface area contributed by atoms with E-state index in [1.165, 1.54) is 6.07 Å². The molecular weight excluding hydrogens is 253 g/mol. The molecule has 3 heteroatoms. The Labute approximate surface area is 119 Å². The van der Waals surface area contributed by atoms with E-state index in [0.29, 0.717) is 5.56 Å². The summed E-state index contributed by atoms with van der Waals surface area (Å²) in [5.41, 5.74) is 9.05. The molecule has 20 heavy (non-hydrogen) atoms. The first-order valence-electron chi connectivity index (χ1n) is 6.73. The summed E-state index contributed by atoms with van der Waals surface area (Å²) >= 11 is 0. The number of aryl methyl sites for hydroxylation is 2. The molecule has 0 aliphatic carbocycles. The molecule has 0 saturated heterocycles. The van der Waals surface area contributed by atoms with Crippen molar-refractivity contribution >= 4 is 0 Å². The van der Waals surface area contributed by atoms with Crippen LogP contribution in [0.4, 0.5) is 4.39 Å². The number of hydrogen-bond donors (Lipinski definition) is 2. The molecule has 0 aromatic heterocycles. The van der Waals surface area contributed by atoms with Crippen molar-refractivity contribution in [2.45, 2.75) is 25.9 Å². The maximum absolute atomic E-state index is 13.9. The Morgan fingerprint density at radius 3 is 2.45 bits per heavy atom. The molecule has 2 aromatic rings. The first kappa shape index (κ1) is 14.7. The molecule has 3 N–H and O–H groups in total. The van der Waals surface area contributed by atoms with Crippen LogP contribution in [0.1, 0.15) is 34.3 Å². The average Bonchev–Trinajstić information content (AvgIpc) is 2.42. The SMILES string of the molecule is Cc1cccc(C(CN)C(O)c2cc(C)ccc2F)c1. The van der Waals surface area contributed by atoms with E-state index in [1.54, 1.807) is 12.1 Å². The minimum absolute atomic E-state index is 0.262. The lowest BCUT2D eigenvalue weighted by Crippen LogP contribution is -2.21. The van der Waals surface area contributed by atoms with Crippen LogP contribution in [0.2, 0.25) is 0 Å². The van der Waals surface area contributed by atoms with E-state index < -0.39 is 11.9 Å². The fourth-order valence-corrected chi connectivity index (χ4v) is 2.45. The number of rotatable bonds is 4. The topological polar surface area (TPSA) is 46.2 Å². The van der Waals surface area contributed by atoms with E-state index in [9.17, 15) is 9.50 Å². The minimum atomic E-state index is -0.943. The van der Waals surface area contributed by atoms with Gasteiger partial charge < -0.3 is 10.8 Å². The van der Waals surface area contributed by atoms with Crippen molar-refractivity contribution in [1.82, 2.24) is 0 Å². The van der Waals surface area contributed by atoms with E-state index >= 15 is 0 Å². The van der Waals surface area contributed by atoms with Gasteiger partial charge in [-0.1, -0.05) is 47.5 Å². The predicted octanol–water partition coefficient (Wildman–Crippen LogP) is 3.22. The highest BCUT2D eigenvalue weighted by Crippen LogP contribution is 2.32. The second-order valence-electron chi connectivity index (χ2n) is 5.23. The number of hydrogen-bond acceptors (Lipinski definition) is 2. The molecule has 0 heterocycles. The van der Waals surface area contributed by atoms with Crippen molar-refractivity contribution < 1.29 is 9.50 Å². The minimum Gasteiger partial charge on any atom is -0.388 e. The molecule has 0 amide bonds. The van der Waals surface area contributed by atoms with E-state index in [1.807, 2.05) is 38.1 Å². The third kappa shape index (κ3) is 3.06. The summed E-state index contributed by atoms with van der Waals surface area (Å²) < 4.78 is 13.9. The van der Waals surface area contributed by atoms with Crippen LogP contribution in [-0.4, -0.2) is 11.7 Å². The Kier molecular flexibility index (Phi) is 4.53. The van der Waals surface area contributed by atoms with Crippen molar-refractivity contribution in [2.24, 2.45) is 5.73 Å². The molecular formula is C17H20FNO. The second-order valence-corrected chi connectivity index (χ2v) is 5.23. The summed E-state index contributed by atoms with van der Waals surface area (Å²) in [4.78, 5) is 0. The highest BCUT2D eigenvalue weighted by molar-refractivity contribution is 5.32. The summed E-state index contributed by atoms with van der Waals surface area (Å²) in [7, 11) is 0. The molecule has 0 saturated carbocycles. The number of benzene rings is 2. The van der Waals surface area contributed by atoms with Crippen molar-refractivity contribution in [3.05, 3.63) is 70.5 Å². The van der Waals surface area contributed by atoms with Crippen LogP contribution in [0.15, 0.2) is 42.5 Å². The molecule has 2 aromatic carbocycles. The molecule has 106 valence electrons. The van der Waals surface area contributed by atoms with Crippen LogP contribution in [0.25, 0.3) is 0 Å². The van der Waals surface area contributed by atoms with Crippen LogP contribution in [0, 0.1) is 19.7 Å². The summed E-state index contributed by atoms with van der Waals surface area (Å²) in [6.45, 7) is 4.12. The highest BCUT2D eigenvalue weighted by atomic mass is 19.1. The first-order valence-corrected chi connectivity index (χ1v) is 6.73. The van der Waals surface area contributed by atoms with E-state index in [0.717, 1.165) is 16.7 Å². The zero-order valence-corrected chi connectivity index (χ0v) is 11.8. The number of aliphatic hydroxyl groups excluding tert-OH is 1. The number of halogens is 1. The van der Waals surface area contributed by atoms with Crippen LogP contribution in [0.5, 0.6) is 0 Å². The Morgan fingerprint density at radius 2 is 1.80 bits per heavy atom. The third-order valence-electron chi connectivity index (χ3n) is 3.58. The fraction of sp³-hybridized carbons (Fsp3) is 0.294. The summed E-state index contributed by atoms with van der Waals surface area (Å²) in [6.07, 6.45) is -0.943. The standard InChI is InChI=1S/C17H20FNO/c1-11-4-3-5-13(8-11)15(10-19)17(20)14-9-12(2)6-7-16(14)18/h3-9,15,17,20H,10,19H2,1-2H3. The van der Waals surface area contributed by atoms with Crippen LogP contribution in [0.3, 0.4) is 0 Å².